The molecule has 0 aliphatic heterocycles. The average molecular weight is 498 g/mol. The van der Waals surface area contributed by atoms with E-state index in [9.17, 15) is 13.2 Å². The Morgan fingerprint density at radius 2 is 1.58 bits per heavy atom. The Labute approximate surface area is 196 Å². The number of halogens is 3. The topological polar surface area (TPSA) is 66.5 Å². The fourth-order valence-corrected chi connectivity index (χ4v) is 4.74. The lowest BCUT2D eigenvalue weighted by Crippen LogP contribution is -2.37. The van der Waals surface area contributed by atoms with Crippen molar-refractivity contribution < 1.29 is 13.2 Å². The van der Waals surface area contributed by atoms with Crippen molar-refractivity contribution in [2.24, 2.45) is 0 Å². The van der Waals surface area contributed by atoms with E-state index in [2.05, 4.69) is 5.32 Å². The standard InChI is InChI=1S/C22H19Cl3N2O3S/c1-15-6-7-18(24)12-21(15)26-22(28)14-27(13-16-4-2-3-5-20(16)25)31(29,30)19-10-8-17(23)9-11-19/h2-12H,13-14H2,1H3,(H,26,28). The molecule has 0 aliphatic rings. The molecule has 3 rings (SSSR count). The van der Waals surface area contributed by atoms with Gasteiger partial charge in [0.25, 0.3) is 0 Å². The zero-order chi connectivity index (χ0) is 22.6. The van der Waals surface area contributed by atoms with Crippen molar-refractivity contribution >= 4 is 56.4 Å². The van der Waals surface area contributed by atoms with Gasteiger partial charge in [-0.3, -0.25) is 4.79 Å². The number of hydrogen-bond acceptors (Lipinski definition) is 3. The molecule has 0 aliphatic carbocycles. The number of carbonyl (C=O) groups excluding carboxylic acids is 1. The van der Waals surface area contributed by atoms with E-state index < -0.39 is 22.5 Å². The highest BCUT2D eigenvalue weighted by atomic mass is 35.5. The number of hydrogen-bond donors (Lipinski definition) is 1. The second-order valence-electron chi connectivity index (χ2n) is 6.83. The number of carbonyl (C=O) groups is 1. The normalized spacial score (nSPS) is 11.5. The summed E-state index contributed by atoms with van der Waals surface area (Å²) in [6.45, 7) is 1.33. The molecule has 0 saturated heterocycles. The molecule has 0 heterocycles. The zero-order valence-corrected chi connectivity index (χ0v) is 19.6. The molecule has 0 radical (unpaired) electrons. The van der Waals surface area contributed by atoms with Gasteiger partial charge in [-0.1, -0.05) is 59.1 Å². The lowest BCUT2D eigenvalue weighted by Gasteiger charge is -2.23. The van der Waals surface area contributed by atoms with Crippen molar-refractivity contribution in [3.63, 3.8) is 0 Å². The maximum Gasteiger partial charge on any atom is 0.243 e. The summed E-state index contributed by atoms with van der Waals surface area (Å²) in [6, 6.07) is 17.7. The first-order valence-corrected chi connectivity index (χ1v) is 11.8. The highest BCUT2D eigenvalue weighted by Crippen LogP contribution is 2.24. The Kier molecular flexibility index (Phi) is 7.62. The van der Waals surface area contributed by atoms with Crippen LogP contribution in [0.2, 0.25) is 15.1 Å². The van der Waals surface area contributed by atoms with Crippen LogP contribution >= 0.6 is 34.8 Å². The van der Waals surface area contributed by atoms with E-state index in [1.807, 2.05) is 6.92 Å². The molecule has 0 spiro atoms. The maximum atomic E-state index is 13.3. The average Bonchev–Trinajstić information content (AvgIpc) is 2.72. The molecule has 3 aromatic carbocycles. The van der Waals surface area contributed by atoms with Crippen molar-refractivity contribution in [3.8, 4) is 0 Å². The van der Waals surface area contributed by atoms with Crippen LogP contribution < -0.4 is 5.32 Å². The van der Waals surface area contributed by atoms with Crippen molar-refractivity contribution in [1.82, 2.24) is 4.31 Å². The van der Waals surface area contributed by atoms with Gasteiger partial charge in [-0.2, -0.15) is 4.31 Å². The second kappa shape index (κ2) is 10.0. The van der Waals surface area contributed by atoms with Crippen molar-refractivity contribution in [2.75, 3.05) is 11.9 Å². The molecule has 1 amide bonds. The number of sulfonamides is 1. The number of anilines is 1. The summed E-state index contributed by atoms with van der Waals surface area (Å²) in [5, 5.41) is 4.01. The van der Waals surface area contributed by atoms with Gasteiger partial charge in [0.05, 0.1) is 11.4 Å². The molecule has 31 heavy (non-hydrogen) atoms. The molecular weight excluding hydrogens is 479 g/mol. The quantitative estimate of drug-likeness (QED) is 0.449. The van der Waals surface area contributed by atoms with Crippen LogP contribution in [0.15, 0.2) is 71.6 Å². The molecule has 0 aromatic heterocycles. The predicted octanol–water partition coefficient (Wildman–Crippen LogP) is 5.78. The fraction of sp³-hybridized carbons (Fsp3) is 0.136. The molecule has 5 nitrogen and oxygen atoms in total. The molecule has 0 saturated carbocycles. The lowest BCUT2D eigenvalue weighted by molar-refractivity contribution is -0.116. The summed E-state index contributed by atoms with van der Waals surface area (Å²) in [6.07, 6.45) is 0. The summed E-state index contributed by atoms with van der Waals surface area (Å²) in [4.78, 5) is 12.8. The molecule has 3 aromatic rings. The Morgan fingerprint density at radius 1 is 0.935 bits per heavy atom. The monoisotopic (exact) mass is 496 g/mol. The van der Waals surface area contributed by atoms with Crippen LogP contribution in [0.3, 0.4) is 0 Å². The third-order valence-electron chi connectivity index (χ3n) is 4.55. The van der Waals surface area contributed by atoms with Crippen molar-refractivity contribution in [3.05, 3.63) is 92.9 Å². The molecule has 0 atom stereocenters. The number of rotatable bonds is 7. The first-order valence-electron chi connectivity index (χ1n) is 9.22. The van der Waals surface area contributed by atoms with Crippen LogP contribution in [0.1, 0.15) is 11.1 Å². The van der Waals surface area contributed by atoms with Crippen molar-refractivity contribution in [1.29, 1.82) is 0 Å². The Balaban J connectivity index is 1.91. The largest absolute Gasteiger partial charge is 0.325 e. The third kappa shape index (κ3) is 5.99. The molecule has 9 heteroatoms. The van der Waals surface area contributed by atoms with E-state index in [0.717, 1.165) is 9.87 Å². The highest BCUT2D eigenvalue weighted by Gasteiger charge is 2.27. The molecular formula is C22H19Cl3N2O3S. The molecule has 162 valence electrons. The van der Waals surface area contributed by atoms with Crippen LogP contribution in [-0.2, 0) is 21.4 Å². The van der Waals surface area contributed by atoms with Gasteiger partial charge in [0, 0.05) is 27.3 Å². The van der Waals surface area contributed by atoms with Gasteiger partial charge in [-0.05, 0) is 60.5 Å². The maximum absolute atomic E-state index is 13.3. The van der Waals surface area contributed by atoms with Crippen LogP contribution in [0.5, 0.6) is 0 Å². The Morgan fingerprint density at radius 3 is 2.26 bits per heavy atom. The van der Waals surface area contributed by atoms with Gasteiger partial charge in [-0.25, -0.2) is 8.42 Å². The van der Waals surface area contributed by atoms with Gasteiger partial charge in [-0.15, -0.1) is 0 Å². The van der Waals surface area contributed by atoms with Crippen LogP contribution in [0, 0.1) is 6.92 Å². The minimum Gasteiger partial charge on any atom is -0.325 e. The molecule has 0 fully saturated rings. The van der Waals surface area contributed by atoms with Gasteiger partial charge in [0.15, 0.2) is 0 Å². The van der Waals surface area contributed by atoms with Crippen LogP contribution in [0.25, 0.3) is 0 Å². The second-order valence-corrected chi connectivity index (χ2v) is 10.0. The summed E-state index contributed by atoms with van der Waals surface area (Å²) in [7, 11) is -4.01. The molecule has 1 N–H and O–H groups in total. The van der Waals surface area contributed by atoms with E-state index >= 15 is 0 Å². The number of nitrogens with zero attached hydrogens (tertiary/aromatic N) is 1. The van der Waals surface area contributed by atoms with Crippen molar-refractivity contribution in [2.45, 2.75) is 18.4 Å². The number of amides is 1. The van der Waals surface area contributed by atoms with E-state index in [-0.39, 0.29) is 11.4 Å². The van der Waals surface area contributed by atoms with Gasteiger partial charge in [0.1, 0.15) is 0 Å². The third-order valence-corrected chi connectivity index (χ3v) is 7.21. The van der Waals surface area contributed by atoms with Crippen LogP contribution in [-0.4, -0.2) is 25.2 Å². The number of benzene rings is 3. The SMILES string of the molecule is Cc1ccc(Cl)cc1NC(=O)CN(Cc1ccccc1Cl)S(=O)(=O)c1ccc(Cl)cc1. The van der Waals surface area contributed by atoms with E-state index in [1.54, 1.807) is 42.5 Å². The summed E-state index contributed by atoms with van der Waals surface area (Å²) < 4.78 is 27.7. The van der Waals surface area contributed by atoms with E-state index in [1.165, 1.54) is 24.3 Å². The summed E-state index contributed by atoms with van der Waals surface area (Å²) in [5.41, 5.74) is 1.89. The number of aryl methyl sites for hydroxylation is 1. The van der Waals surface area contributed by atoms with Gasteiger partial charge in [0.2, 0.25) is 15.9 Å². The Bertz CT molecular complexity index is 1200. The fourth-order valence-electron chi connectivity index (χ4n) is 2.88. The highest BCUT2D eigenvalue weighted by molar-refractivity contribution is 7.89. The first kappa shape index (κ1) is 23.6. The van der Waals surface area contributed by atoms with Crippen LogP contribution in [0.4, 0.5) is 5.69 Å². The zero-order valence-electron chi connectivity index (χ0n) is 16.5. The minimum atomic E-state index is -4.01. The van der Waals surface area contributed by atoms with Gasteiger partial charge < -0.3 is 5.32 Å². The van der Waals surface area contributed by atoms with E-state index in [0.29, 0.717) is 26.3 Å². The molecule has 0 unspecified atom stereocenters. The Hall–Kier alpha value is -2.09. The molecule has 0 bridgehead atoms. The summed E-state index contributed by atoms with van der Waals surface area (Å²) >= 11 is 18.1. The summed E-state index contributed by atoms with van der Waals surface area (Å²) in [5.74, 6) is -0.505. The first-order chi connectivity index (χ1) is 14.7. The smallest absolute Gasteiger partial charge is 0.243 e. The minimum absolute atomic E-state index is 0.0238. The number of nitrogens with one attached hydrogen (secondary N) is 1. The lowest BCUT2D eigenvalue weighted by atomic mass is 10.2. The van der Waals surface area contributed by atoms with Gasteiger partial charge >= 0.3 is 0 Å². The van der Waals surface area contributed by atoms with E-state index in [4.69, 9.17) is 34.8 Å². The predicted molar refractivity (Wildman–Crippen MR) is 125 cm³/mol.